The molecular weight excluding hydrogens is 328 g/mol. The molecule has 2 nitrogen and oxygen atoms in total. The number of benzene rings is 1. The average Bonchev–Trinajstić information content (AvgIpc) is 3.34. The van der Waals surface area contributed by atoms with Crippen molar-refractivity contribution in [2.75, 3.05) is 24.5 Å². The molecule has 1 N–H and O–H groups in total. The zero-order chi connectivity index (χ0) is 19.3. The minimum absolute atomic E-state index is 0.535. The Kier molecular flexibility index (Phi) is 6.89. The van der Waals surface area contributed by atoms with E-state index in [4.69, 9.17) is 0 Å². The van der Waals surface area contributed by atoms with Gasteiger partial charge in [0.25, 0.3) is 0 Å². The van der Waals surface area contributed by atoms with Gasteiger partial charge in [-0.05, 0) is 67.5 Å². The first-order valence-corrected chi connectivity index (χ1v) is 11.5. The zero-order valence-corrected chi connectivity index (χ0v) is 18.3. The van der Waals surface area contributed by atoms with Gasteiger partial charge in [-0.2, -0.15) is 0 Å². The molecule has 2 atom stereocenters. The van der Waals surface area contributed by atoms with Crippen LogP contribution in [0, 0.1) is 16.7 Å². The summed E-state index contributed by atoms with van der Waals surface area (Å²) in [6.45, 7) is 13.3. The second-order valence-electron chi connectivity index (χ2n) is 10.2. The van der Waals surface area contributed by atoms with E-state index in [9.17, 15) is 0 Å². The molecule has 1 saturated heterocycles. The number of nitrogens with zero attached hydrogens (tertiary/aromatic N) is 1. The van der Waals surface area contributed by atoms with Crippen molar-refractivity contribution in [3.63, 3.8) is 0 Å². The Balaban J connectivity index is 1.29. The second kappa shape index (κ2) is 8.99. The molecule has 3 rings (SSSR count). The molecule has 1 aromatic carbocycles. The van der Waals surface area contributed by atoms with Crippen LogP contribution in [-0.4, -0.2) is 25.7 Å². The first-order valence-electron chi connectivity index (χ1n) is 11.5. The van der Waals surface area contributed by atoms with Gasteiger partial charge in [-0.3, -0.25) is 0 Å². The predicted molar refractivity (Wildman–Crippen MR) is 118 cm³/mol. The van der Waals surface area contributed by atoms with Gasteiger partial charge in [-0.1, -0.05) is 65.2 Å². The highest BCUT2D eigenvalue weighted by Gasteiger charge is 2.54. The van der Waals surface area contributed by atoms with E-state index in [1.165, 1.54) is 76.7 Å². The number of anilines is 1. The monoisotopic (exact) mass is 370 g/mol. The summed E-state index contributed by atoms with van der Waals surface area (Å²) < 4.78 is 0. The molecule has 1 spiro atoms. The van der Waals surface area contributed by atoms with E-state index in [1.807, 2.05) is 0 Å². The van der Waals surface area contributed by atoms with Crippen LogP contribution in [0.3, 0.4) is 0 Å². The summed E-state index contributed by atoms with van der Waals surface area (Å²) in [7, 11) is 0. The van der Waals surface area contributed by atoms with Crippen molar-refractivity contribution in [2.45, 2.75) is 85.1 Å². The van der Waals surface area contributed by atoms with Gasteiger partial charge in [-0.15, -0.1) is 0 Å². The van der Waals surface area contributed by atoms with Crippen LogP contribution in [0.15, 0.2) is 30.3 Å². The Labute approximate surface area is 168 Å². The maximum Gasteiger partial charge on any atom is 0.0366 e. The summed E-state index contributed by atoms with van der Waals surface area (Å²) in [4.78, 5) is 2.57. The van der Waals surface area contributed by atoms with E-state index < -0.39 is 0 Å². The van der Waals surface area contributed by atoms with Crippen molar-refractivity contribution in [3.05, 3.63) is 30.3 Å². The molecule has 1 aliphatic carbocycles. The average molecular weight is 371 g/mol. The number of hydrogen-bond acceptors (Lipinski definition) is 2. The zero-order valence-electron chi connectivity index (χ0n) is 18.3. The SMILES string of the molecule is CCC(C)(C)CCCC(C)CCNC1CC12CCN(c1ccccc1)CC2. The smallest absolute Gasteiger partial charge is 0.0366 e. The molecule has 0 bridgehead atoms. The Hall–Kier alpha value is -1.02. The molecule has 2 heteroatoms. The van der Waals surface area contributed by atoms with Crippen LogP contribution in [0.5, 0.6) is 0 Å². The fraction of sp³-hybridized carbons (Fsp3) is 0.760. The maximum absolute atomic E-state index is 3.90. The lowest BCUT2D eigenvalue weighted by molar-refractivity contribution is 0.294. The Morgan fingerprint density at radius 3 is 2.52 bits per heavy atom. The fourth-order valence-electron chi connectivity index (χ4n) is 4.79. The minimum atomic E-state index is 0.535. The van der Waals surface area contributed by atoms with Gasteiger partial charge in [0.2, 0.25) is 0 Å². The van der Waals surface area contributed by atoms with Crippen molar-refractivity contribution in [1.29, 1.82) is 0 Å². The van der Waals surface area contributed by atoms with E-state index in [-0.39, 0.29) is 0 Å². The van der Waals surface area contributed by atoms with Gasteiger partial charge in [0.15, 0.2) is 0 Å². The molecule has 1 heterocycles. The van der Waals surface area contributed by atoms with Crippen LogP contribution in [0.25, 0.3) is 0 Å². The van der Waals surface area contributed by atoms with Crippen LogP contribution in [0.2, 0.25) is 0 Å². The van der Waals surface area contributed by atoms with E-state index in [0.29, 0.717) is 10.8 Å². The van der Waals surface area contributed by atoms with Crippen LogP contribution >= 0.6 is 0 Å². The molecule has 1 saturated carbocycles. The summed E-state index contributed by atoms with van der Waals surface area (Å²) >= 11 is 0. The number of hydrogen-bond donors (Lipinski definition) is 1. The lowest BCUT2D eigenvalue weighted by Crippen LogP contribution is -2.37. The molecule has 0 radical (unpaired) electrons. The normalized spacial score (nSPS) is 22.8. The molecule has 1 aliphatic heterocycles. The summed E-state index contributed by atoms with van der Waals surface area (Å²) in [5, 5.41) is 3.90. The first kappa shape index (κ1) is 20.7. The third-order valence-corrected chi connectivity index (χ3v) is 7.61. The summed E-state index contributed by atoms with van der Waals surface area (Å²) in [5.41, 5.74) is 2.56. The highest BCUT2D eigenvalue weighted by atomic mass is 15.2. The molecule has 2 aliphatic rings. The first-order chi connectivity index (χ1) is 12.9. The van der Waals surface area contributed by atoms with Crippen molar-refractivity contribution in [1.82, 2.24) is 5.32 Å². The highest BCUT2D eigenvalue weighted by molar-refractivity contribution is 5.46. The standard InChI is InChI=1S/C25H42N2/c1-5-24(3,4)14-9-10-21(2)13-17-26-23-20-25(23)15-18-27(19-16-25)22-11-7-6-8-12-22/h6-8,11-12,21,23,26H,5,9-10,13-20H2,1-4H3. The van der Waals surface area contributed by atoms with E-state index in [1.54, 1.807) is 0 Å². The predicted octanol–water partition coefficient (Wildman–Crippen LogP) is 6.27. The van der Waals surface area contributed by atoms with Gasteiger partial charge >= 0.3 is 0 Å². The minimum Gasteiger partial charge on any atom is -0.371 e. The quantitative estimate of drug-likeness (QED) is 0.522. The molecule has 27 heavy (non-hydrogen) atoms. The fourth-order valence-corrected chi connectivity index (χ4v) is 4.79. The maximum atomic E-state index is 3.90. The Bertz CT molecular complexity index is 557. The van der Waals surface area contributed by atoms with Crippen molar-refractivity contribution < 1.29 is 0 Å². The van der Waals surface area contributed by atoms with E-state index >= 15 is 0 Å². The topological polar surface area (TPSA) is 15.3 Å². The van der Waals surface area contributed by atoms with Crippen molar-refractivity contribution >= 4 is 5.69 Å². The largest absolute Gasteiger partial charge is 0.371 e. The van der Waals surface area contributed by atoms with Crippen molar-refractivity contribution in [3.8, 4) is 0 Å². The number of nitrogens with one attached hydrogen (secondary N) is 1. The van der Waals surface area contributed by atoms with Gasteiger partial charge in [-0.25, -0.2) is 0 Å². The molecule has 0 aromatic heterocycles. The summed E-state index contributed by atoms with van der Waals surface area (Å²) in [6, 6.07) is 11.7. The van der Waals surface area contributed by atoms with Crippen molar-refractivity contribution in [2.24, 2.45) is 16.7 Å². The highest BCUT2D eigenvalue weighted by Crippen LogP contribution is 2.54. The van der Waals surface area contributed by atoms with Gasteiger partial charge in [0.1, 0.15) is 0 Å². The number of rotatable bonds is 10. The van der Waals surface area contributed by atoms with Crippen LogP contribution in [0.1, 0.15) is 79.1 Å². The Morgan fingerprint density at radius 1 is 1.15 bits per heavy atom. The van der Waals surface area contributed by atoms with Gasteiger partial charge in [0.05, 0.1) is 0 Å². The van der Waals surface area contributed by atoms with E-state index in [0.717, 1.165) is 12.0 Å². The number of piperidine rings is 1. The van der Waals surface area contributed by atoms with E-state index in [2.05, 4.69) is 68.2 Å². The summed E-state index contributed by atoms with van der Waals surface area (Å²) in [6.07, 6.45) is 10.9. The molecule has 2 unspecified atom stereocenters. The molecule has 0 amide bonds. The van der Waals surface area contributed by atoms with Crippen LogP contribution in [0.4, 0.5) is 5.69 Å². The lowest BCUT2D eigenvalue weighted by atomic mass is 9.83. The Morgan fingerprint density at radius 2 is 1.85 bits per heavy atom. The van der Waals surface area contributed by atoms with Gasteiger partial charge < -0.3 is 10.2 Å². The molecular formula is C25H42N2. The summed E-state index contributed by atoms with van der Waals surface area (Å²) in [5.74, 6) is 0.861. The molecule has 2 fully saturated rings. The van der Waals surface area contributed by atoms with Crippen LogP contribution < -0.4 is 10.2 Å². The number of para-hydroxylation sites is 1. The second-order valence-corrected chi connectivity index (χ2v) is 10.2. The third-order valence-electron chi connectivity index (χ3n) is 7.61. The molecule has 1 aromatic rings. The third kappa shape index (κ3) is 5.73. The van der Waals surface area contributed by atoms with Crippen LogP contribution in [-0.2, 0) is 0 Å². The molecule has 152 valence electrons. The lowest BCUT2D eigenvalue weighted by Gasteiger charge is -2.34. The van der Waals surface area contributed by atoms with Gasteiger partial charge in [0, 0.05) is 24.8 Å².